The highest BCUT2D eigenvalue weighted by Crippen LogP contribution is 2.57. The van der Waals surface area contributed by atoms with Crippen LogP contribution in [0.1, 0.15) is 38.5 Å². The summed E-state index contributed by atoms with van der Waals surface area (Å²) in [7, 11) is 0. The van der Waals surface area contributed by atoms with Gasteiger partial charge in [0.15, 0.2) is 0 Å². The molecule has 15 heavy (non-hydrogen) atoms. The number of hydrogen-bond donors (Lipinski definition) is 1. The highest BCUT2D eigenvalue weighted by Gasteiger charge is 2.58. The first-order valence-electron chi connectivity index (χ1n) is 5.61. The Morgan fingerprint density at radius 3 is 2.33 bits per heavy atom. The molecule has 84 valence electrons. The fourth-order valence-corrected chi connectivity index (χ4v) is 4.51. The Balaban J connectivity index is 1.89. The minimum absolute atomic E-state index is 0.180. The Hall–Kier alpha value is -0.840. The molecule has 4 fully saturated rings. The van der Waals surface area contributed by atoms with E-state index in [9.17, 15) is 10.1 Å². The molecule has 0 aromatic carbocycles. The smallest absolute Gasteiger partial charge is 0.295 e. The Labute approximate surface area is 88.1 Å². The van der Waals surface area contributed by atoms with E-state index in [0.717, 1.165) is 25.7 Å². The molecule has 5 heteroatoms. The van der Waals surface area contributed by atoms with Crippen LogP contribution in [-0.2, 0) is 4.84 Å². The Kier molecular flexibility index (Phi) is 1.65. The van der Waals surface area contributed by atoms with Gasteiger partial charge in [-0.1, -0.05) is 0 Å². The molecule has 4 bridgehead atoms. The summed E-state index contributed by atoms with van der Waals surface area (Å²) in [6, 6.07) is 0. The van der Waals surface area contributed by atoms with Crippen molar-refractivity contribution in [1.29, 1.82) is 0 Å². The van der Waals surface area contributed by atoms with E-state index in [1.807, 2.05) is 0 Å². The van der Waals surface area contributed by atoms with Gasteiger partial charge >= 0.3 is 0 Å². The van der Waals surface area contributed by atoms with Crippen molar-refractivity contribution < 1.29 is 9.92 Å². The summed E-state index contributed by atoms with van der Waals surface area (Å²) < 4.78 is 0. The molecule has 0 radical (unpaired) electrons. The molecule has 0 amide bonds. The molecular formula is C10H16N2O3. The number of rotatable bonds is 2. The van der Waals surface area contributed by atoms with Crippen LogP contribution in [0.15, 0.2) is 0 Å². The summed E-state index contributed by atoms with van der Waals surface area (Å²) in [6.07, 6.45) is 5.61. The first-order chi connectivity index (χ1) is 6.99. The van der Waals surface area contributed by atoms with E-state index in [4.69, 9.17) is 10.6 Å². The lowest BCUT2D eigenvalue weighted by Gasteiger charge is -2.59. The number of nitrogens with zero attached hydrogens (tertiary/aromatic N) is 1. The molecule has 4 aliphatic rings. The van der Waals surface area contributed by atoms with Crippen LogP contribution in [0.5, 0.6) is 0 Å². The zero-order chi connectivity index (χ0) is 10.7. The van der Waals surface area contributed by atoms with E-state index in [2.05, 4.69) is 0 Å². The molecule has 0 spiro atoms. The minimum Gasteiger partial charge on any atom is -0.325 e. The van der Waals surface area contributed by atoms with Crippen molar-refractivity contribution in [2.45, 2.75) is 49.7 Å². The first kappa shape index (κ1) is 9.39. The maximum Gasteiger partial charge on any atom is 0.295 e. The number of hydrogen-bond acceptors (Lipinski definition) is 4. The van der Waals surface area contributed by atoms with Crippen molar-refractivity contribution in [3.05, 3.63) is 10.1 Å². The average molecular weight is 212 g/mol. The molecular weight excluding hydrogens is 196 g/mol. The summed E-state index contributed by atoms with van der Waals surface area (Å²) >= 11 is 0. The van der Waals surface area contributed by atoms with Gasteiger partial charge in [0, 0.05) is 5.54 Å². The third-order valence-corrected chi connectivity index (χ3v) is 4.32. The summed E-state index contributed by atoms with van der Waals surface area (Å²) in [6.45, 7) is 0. The van der Waals surface area contributed by atoms with Crippen molar-refractivity contribution >= 4 is 0 Å². The van der Waals surface area contributed by atoms with E-state index < -0.39 is 10.7 Å². The SMILES string of the molecule is NC12C[C@H]3C[C@@H](C1)CC(O[N+](=O)[O-])(C3)C2. The predicted molar refractivity (Wildman–Crippen MR) is 52.4 cm³/mol. The predicted octanol–water partition coefficient (Wildman–Crippen LogP) is 1.24. The lowest BCUT2D eigenvalue weighted by molar-refractivity contribution is -0.785. The highest BCUT2D eigenvalue weighted by molar-refractivity contribution is 5.11. The van der Waals surface area contributed by atoms with Gasteiger partial charge in [-0.3, -0.25) is 0 Å². The lowest BCUT2D eigenvalue weighted by Crippen LogP contribution is -2.64. The van der Waals surface area contributed by atoms with E-state index in [0.29, 0.717) is 18.3 Å². The van der Waals surface area contributed by atoms with Crippen molar-refractivity contribution in [3.8, 4) is 0 Å². The van der Waals surface area contributed by atoms with E-state index in [1.165, 1.54) is 6.42 Å². The first-order valence-corrected chi connectivity index (χ1v) is 5.61. The monoisotopic (exact) mass is 212 g/mol. The van der Waals surface area contributed by atoms with E-state index in [-0.39, 0.29) is 5.54 Å². The Morgan fingerprint density at radius 1 is 1.27 bits per heavy atom. The Bertz CT molecular complexity index is 304. The topological polar surface area (TPSA) is 78.4 Å². The van der Waals surface area contributed by atoms with Crippen molar-refractivity contribution in [2.75, 3.05) is 0 Å². The molecule has 4 aliphatic carbocycles. The maximum absolute atomic E-state index is 10.5. The van der Waals surface area contributed by atoms with E-state index in [1.54, 1.807) is 0 Å². The molecule has 0 saturated heterocycles. The average Bonchev–Trinajstić information content (AvgIpc) is 1.94. The van der Waals surface area contributed by atoms with Crippen molar-refractivity contribution in [2.24, 2.45) is 17.6 Å². The van der Waals surface area contributed by atoms with Crippen LogP contribution in [0.3, 0.4) is 0 Å². The second-order valence-corrected chi connectivity index (χ2v) is 5.82. The van der Waals surface area contributed by atoms with Gasteiger partial charge in [-0.2, -0.15) is 0 Å². The summed E-state index contributed by atoms with van der Waals surface area (Å²) in [4.78, 5) is 15.5. The molecule has 5 nitrogen and oxygen atoms in total. The Morgan fingerprint density at radius 2 is 1.87 bits per heavy atom. The molecule has 4 atom stereocenters. The normalized spacial score (nSPS) is 51.8. The second-order valence-electron chi connectivity index (χ2n) is 5.82. The summed E-state index contributed by atoms with van der Waals surface area (Å²) in [5, 5.41) is 9.90. The fourth-order valence-electron chi connectivity index (χ4n) is 4.51. The third kappa shape index (κ3) is 1.40. The van der Waals surface area contributed by atoms with Gasteiger partial charge in [0.2, 0.25) is 0 Å². The fraction of sp³-hybridized carbons (Fsp3) is 1.00. The zero-order valence-electron chi connectivity index (χ0n) is 8.65. The lowest BCUT2D eigenvalue weighted by atomic mass is 9.51. The van der Waals surface area contributed by atoms with Gasteiger partial charge in [-0.25, -0.2) is 0 Å². The van der Waals surface area contributed by atoms with E-state index >= 15 is 0 Å². The van der Waals surface area contributed by atoms with Crippen LogP contribution in [0.4, 0.5) is 0 Å². The van der Waals surface area contributed by atoms with Gasteiger partial charge in [-0.05, 0) is 50.4 Å². The van der Waals surface area contributed by atoms with Gasteiger partial charge in [0.05, 0.1) is 0 Å². The minimum atomic E-state index is -0.628. The van der Waals surface area contributed by atoms with Gasteiger partial charge < -0.3 is 10.6 Å². The van der Waals surface area contributed by atoms with Gasteiger partial charge in [0.1, 0.15) is 5.60 Å². The van der Waals surface area contributed by atoms with Gasteiger partial charge in [-0.15, -0.1) is 10.1 Å². The summed E-state index contributed by atoms with van der Waals surface area (Å²) in [5.41, 5.74) is 5.56. The third-order valence-electron chi connectivity index (χ3n) is 4.32. The van der Waals surface area contributed by atoms with Crippen LogP contribution >= 0.6 is 0 Å². The molecule has 4 saturated carbocycles. The summed E-state index contributed by atoms with van der Waals surface area (Å²) in [5.74, 6) is 1.10. The molecule has 0 aromatic heterocycles. The molecule has 2 unspecified atom stereocenters. The molecule has 0 aromatic rings. The molecule has 4 rings (SSSR count). The zero-order valence-corrected chi connectivity index (χ0v) is 8.65. The van der Waals surface area contributed by atoms with Crippen LogP contribution < -0.4 is 5.73 Å². The maximum atomic E-state index is 10.5. The van der Waals surface area contributed by atoms with Crippen LogP contribution in [0, 0.1) is 22.0 Å². The molecule has 0 heterocycles. The van der Waals surface area contributed by atoms with Crippen LogP contribution in [0.25, 0.3) is 0 Å². The highest BCUT2D eigenvalue weighted by atomic mass is 17.0. The largest absolute Gasteiger partial charge is 0.325 e. The molecule has 0 aliphatic heterocycles. The van der Waals surface area contributed by atoms with Crippen LogP contribution in [0.2, 0.25) is 0 Å². The molecule has 2 N–H and O–H groups in total. The second kappa shape index (κ2) is 2.64. The van der Waals surface area contributed by atoms with Crippen molar-refractivity contribution in [1.82, 2.24) is 0 Å². The number of nitrogens with two attached hydrogens (primary N) is 1. The van der Waals surface area contributed by atoms with Crippen LogP contribution in [-0.4, -0.2) is 16.2 Å². The van der Waals surface area contributed by atoms with Crippen molar-refractivity contribution in [3.63, 3.8) is 0 Å². The quantitative estimate of drug-likeness (QED) is 0.551. The van der Waals surface area contributed by atoms with Gasteiger partial charge in [0.25, 0.3) is 5.09 Å². The standard InChI is InChI=1S/C10H16N2O3/c11-9-2-7-1-8(3-9)5-10(4-7,6-9)15-12(13)14/h7-8H,1-6,11H2/t7-,8+,9?,10?.